The fourth-order valence-corrected chi connectivity index (χ4v) is 1.78. The third kappa shape index (κ3) is 2.41. The zero-order chi connectivity index (χ0) is 10.7. The van der Waals surface area contributed by atoms with Crippen molar-refractivity contribution >= 4 is 17.6 Å². The number of alkyl halides is 1. The van der Waals surface area contributed by atoms with Crippen molar-refractivity contribution in [2.24, 2.45) is 0 Å². The Morgan fingerprint density at radius 2 is 2.13 bits per heavy atom. The van der Waals surface area contributed by atoms with Crippen molar-refractivity contribution in [3.63, 3.8) is 0 Å². The van der Waals surface area contributed by atoms with Crippen LogP contribution in [0.4, 0.5) is 6.01 Å². The van der Waals surface area contributed by atoms with Gasteiger partial charge in [0.25, 0.3) is 0 Å². The highest BCUT2D eigenvalue weighted by Crippen LogP contribution is 2.20. The van der Waals surface area contributed by atoms with E-state index in [9.17, 15) is 0 Å². The minimum absolute atomic E-state index is 0.259. The molecule has 5 nitrogen and oxygen atoms in total. The maximum Gasteiger partial charge on any atom is 0.318 e. The Labute approximate surface area is 93.4 Å². The van der Waals surface area contributed by atoms with E-state index in [0.717, 1.165) is 26.1 Å². The summed E-state index contributed by atoms with van der Waals surface area (Å²) in [5.41, 5.74) is 0. The highest BCUT2D eigenvalue weighted by molar-refractivity contribution is 6.16. The number of halogens is 1. The second kappa shape index (κ2) is 4.81. The quantitative estimate of drug-likeness (QED) is 0.737. The molecule has 0 unspecified atom stereocenters. The lowest BCUT2D eigenvalue weighted by Gasteiger charge is -2.29. The molecule has 15 heavy (non-hydrogen) atoms. The van der Waals surface area contributed by atoms with Crippen LogP contribution >= 0.6 is 11.6 Å². The topological polar surface area (TPSA) is 51.4 Å². The van der Waals surface area contributed by atoms with E-state index in [1.807, 2.05) is 11.9 Å². The van der Waals surface area contributed by atoms with Gasteiger partial charge in [-0.05, 0) is 12.8 Å². The number of aromatic nitrogens is 2. The van der Waals surface area contributed by atoms with Crippen LogP contribution in [-0.2, 0) is 10.6 Å². The molecule has 0 radical (unpaired) electrons. The van der Waals surface area contributed by atoms with Crippen LogP contribution < -0.4 is 4.90 Å². The molecule has 84 valence electrons. The molecule has 1 aromatic heterocycles. The number of ether oxygens (including phenoxy) is 1. The second-order valence-electron chi connectivity index (χ2n) is 3.57. The highest BCUT2D eigenvalue weighted by atomic mass is 35.5. The molecule has 2 rings (SSSR count). The molecule has 0 bridgehead atoms. The minimum atomic E-state index is 0.259. The largest absolute Gasteiger partial charge is 0.407 e. The average Bonchev–Trinajstić information content (AvgIpc) is 2.78. The van der Waals surface area contributed by atoms with Gasteiger partial charge in [-0.15, -0.1) is 16.7 Å². The Hall–Kier alpha value is -0.810. The molecule has 0 spiro atoms. The van der Waals surface area contributed by atoms with Gasteiger partial charge in [0.1, 0.15) is 5.88 Å². The van der Waals surface area contributed by atoms with Gasteiger partial charge >= 0.3 is 6.01 Å². The van der Waals surface area contributed by atoms with Crippen LogP contribution in [0.1, 0.15) is 18.7 Å². The number of rotatable bonds is 3. The molecule has 1 aromatic rings. The SMILES string of the molecule is CN(c1nnc(CCl)o1)C1CCOCC1. The summed E-state index contributed by atoms with van der Waals surface area (Å²) in [6.07, 6.45) is 1.99. The smallest absolute Gasteiger partial charge is 0.318 e. The minimum Gasteiger partial charge on any atom is -0.407 e. The molecular weight excluding hydrogens is 218 g/mol. The third-order valence-electron chi connectivity index (χ3n) is 2.61. The molecular formula is C9H14ClN3O2. The first-order chi connectivity index (χ1) is 7.31. The van der Waals surface area contributed by atoms with Crippen molar-refractivity contribution in [1.82, 2.24) is 10.2 Å². The predicted molar refractivity (Wildman–Crippen MR) is 56.1 cm³/mol. The van der Waals surface area contributed by atoms with Gasteiger partial charge in [-0.1, -0.05) is 5.10 Å². The van der Waals surface area contributed by atoms with Crippen LogP contribution in [0.5, 0.6) is 0 Å². The van der Waals surface area contributed by atoms with Gasteiger partial charge in [-0.2, -0.15) is 0 Å². The molecule has 6 heteroatoms. The summed E-state index contributed by atoms with van der Waals surface area (Å²) in [6.45, 7) is 1.59. The van der Waals surface area contributed by atoms with Gasteiger partial charge in [0.15, 0.2) is 0 Å². The normalized spacial score (nSPS) is 18.0. The monoisotopic (exact) mass is 231 g/mol. The van der Waals surface area contributed by atoms with E-state index in [1.54, 1.807) is 0 Å². The van der Waals surface area contributed by atoms with E-state index in [-0.39, 0.29) is 5.88 Å². The number of hydrogen-bond acceptors (Lipinski definition) is 5. The van der Waals surface area contributed by atoms with E-state index < -0.39 is 0 Å². The maximum absolute atomic E-state index is 5.60. The zero-order valence-electron chi connectivity index (χ0n) is 8.65. The molecule has 0 aromatic carbocycles. The molecule has 0 atom stereocenters. The Kier molecular flexibility index (Phi) is 3.43. The van der Waals surface area contributed by atoms with Crippen molar-refractivity contribution in [3.05, 3.63) is 5.89 Å². The molecule has 0 aliphatic carbocycles. The lowest BCUT2D eigenvalue weighted by atomic mass is 10.1. The van der Waals surface area contributed by atoms with Crippen LogP contribution in [0, 0.1) is 0 Å². The van der Waals surface area contributed by atoms with Crippen LogP contribution in [-0.4, -0.2) is 36.5 Å². The summed E-state index contributed by atoms with van der Waals surface area (Å²) in [5, 5.41) is 7.78. The van der Waals surface area contributed by atoms with E-state index in [4.69, 9.17) is 20.8 Å². The molecule has 2 heterocycles. The Bertz CT molecular complexity index is 312. The van der Waals surface area contributed by atoms with Gasteiger partial charge < -0.3 is 14.1 Å². The fraction of sp³-hybridized carbons (Fsp3) is 0.778. The Morgan fingerprint density at radius 1 is 1.40 bits per heavy atom. The van der Waals surface area contributed by atoms with Crippen molar-refractivity contribution in [2.75, 3.05) is 25.2 Å². The second-order valence-corrected chi connectivity index (χ2v) is 3.83. The first-order valence-electron chi connectivity index (χ1n) is 5.00. The summed E-state index contributed by atoms with van der Waals surface area (Å²) in [7, 11) is 1.96. The number of nitrogens with zero attached hydrogens (tertiary/aromatic N) is 3. The van der Waals surface area contributed by atoms with Gasteiger partial charge in [0.2, 0.25) is 5.89 Å². The van der Waals surface area contributed by atoms with E-state index in [0.29, 0.717) is 17.9 Å². The number of anilines is 1. The van der Waals surface area contributed by atoms with Crippen molar-refractivity contribution in [2.45, 2.75) is 24.8 Å². The summed E-state index contributed by atoms with van der Waals surface area (Å²) in [6, 6.07) is 0.958. The highest BCUT2D eigenvalue weighted by Gasteiger charge is 2.22. The zero-order valence-corrected chi connectivity index (χ0v) is 9.40. The lowest BCUT2D eigenvalue weighted by molar-refractivity contribution is 0.0846. The molecule has 0 saturated carbocycles. The average molecular weight is 232 g/mol. The van der Waals surface area contributed by atoms with Crippen LogP contribution in [0.2, 0.25) is 0 Å². The van der Waals surface area contributed by atoms with Gasteiger partial charge in [-0.3, -0.25) is 0 Å². The van der Waals surface area contributed by atoms with Gasteiger partial charge in [-0.25, -0.2) is 0 Å². The van der Waals surface area contributed by atoms with E-state index in [2.05, 4.69) is 10.2 Å². The maximum atomic E-state index is 5.60. The Morgan fingerprint density at radius 3 is 2.73 bits per heavy atom. The predicted octanol–water partition coefficient (Wildman–Crippen LogP) is 1.42. The van der Waals surface area contributed by atoms with E-state index in [1.165, 1.54) is 0 Å². The molecule has 1 saturated heterocycles. The molecule has 1 aliphatic rings. The third-order valence-corrected chi connectivity index (χ3v) is 2.84. The van der Waals surface area contributed by atoms with Crippen molar-refractivity contribution < 1.29 is 9.15 Å². The van der Waals surface area contributed by atoms with E-state index >= 15 is 0 Å². The summed E-state index contributed by atoms with van der Waals surface area (Å²) < 4.78 is 10.7. The van der Waals surface area contributed by atoms with Crippen molar-refractivity contribution in [1.29, 1.82) is 0 Å². The van der Waals surface area contributed by atoms with Gasteiger partial charge in [0.05, 0.1) is 0 Å². The first-order valence-corrected chi connectivity index (χ1v) is 5.53. The van der Waals surface area contributed by atoms with Crippen LogP contribution in [0.3, 0.4) is 0 Å². The van der Waals surface area contributed by atoms with Crippen molar-refractivity contribution in [3.8, 4) is 0 Å². The number of hydrogen-bond donors (Lipinski definition) is 0. The summed E-state index contributed by atoms with van der Waals surface area (Å²) in [5.74, 6) is 0.722. The van der Waals surface area contributed by atoms with Crippen LogP contribution in [0.25, 0.3) is 0 Å². The molecule has 1 aliphatic heterocycles. The first kappa shape index (κ1) is 10.7. The molecule has 1 fully saturated rings. The fourth-order valence-electron chi connectivity index (χ4n) is 1.67. The van der Waals surface area contributed by atoms with Crippen LogP contribution in [0.15, 0.2) is 4.42 Å². The Balaban J connectivity index is 2.02. The summed E-state index contributed by atoms with van der Waals surface area (Å²) >= 11 is 5.60. The van der Waals surface area contributed by atoms with Gasteiger partial charge in [0, 0.05) is 26.3 Å². The summed E-state index contributed by atoms with van der Waals surface area (Å²) in [4.78, 5) is 2.01. The lowest BCUT2D eigenvalue weighted by Crippen LogP contribution is -2.36. The molecule has 0 N–H and O–H groups in total. The molecule has 0 amide bonds. The standard InChI is InChI=1S/C9H14ClN3O2/c1-13(7-2-4-14-5-3-7)9-12-11-8(6-10)15-9/h7H,2-6H2,1H3.